The lowest BCUT2D eigenvalue weighted by Gasteiger charge is -2.43. The van der Waals surface area contributed by atoms with Crippen molar-refractivity contribution in [3.8, 4) is 28.8 Å². The van der Waals surface area contributed by atoms with Gasteiger partial charge in [0.1, 0.15) is 29.9 Å². The van der Waals surface area contributed by atoms with Crippen LogP contribution in [0.4, 0.5) is 11.6 Å². The Labute approximate surface area is 410 Å². The number of tetrazole rings is 1. The Bertz CT molecular complexity index is 2070. The molecule has 4 aromatic rings. The third kappa shape index (κ3) is 17.1. The van der Waals surface area contributed by atoms with E-state index in [1.807, 2.05) is 25.3 Å². The molecule has 0 unspecified atom stereocenters. The lowest BCUT2D eigenvalue weighted by atomic mass is 9.89. The molecule has 1 aliphatic carbocycles. The van der Waals surface area contributed by atoms with Gasteiger partial charge in [0.05, 0.1) is 137 Å². The van der Waals surface area contributed by atoms with Gasteiger partial charge in [-0.2, -0.15) is 5.26 Å². The number of benzene rings is 1. The molecule has 2 saturated heterocycles. The van der Waals surface area contributed by atoms with Gasteiger partial charge in [-0.15, -0.1) is 10.2 Å². The number of ether oxygens (including phenoxy) is 11. The number of fused-ring (bicyclic) bond motifs is 2. The Morgan fingerprint density at radius 2 is 1.29 bits per heavy atom. The fourth-order valence-electron chi connectivity index (χ4n) is 8.86. The molecule has 3 fully saturated rings. The summed E-state index contributed by atoms with van der Waals surface area (Å²) in [6.07, 6.45) is 14.2. The summed E-state index contributed by atoms with van der Waals surface area (Å²) in [5, 5.41) is 29.4. The van der Waals surface area contributed by atoms with Crippen LogP contribution in [0.3, 0.4) is 0 Å². The summed E-state index contributed by atoms with van der Waals surface area (Å²) in [6, 6.07) is 9.59. The smallest absolute Gasteiger partial charge is 0.256 e. The van der Waals surface area contributed by atoms with E-state index < -0.39 is 0 Å². The minimum atomic E-state index is -0.291. The standard InChI is InChI=1S/C48H71N11O11/c1-37(32-57-36-52-55-56-57)70-46-28-38(4-5-39(46)29-49)40-30-50-48(51-31-40)53-45-33-58(41-6-8-42(9-7-41)59-43-10-11-44(59)35-68-34-43)54-47(45)69-13-3-12-61-16-17-63-20-21-65-24-25-67-27-26-66-23-22-64-19-18-62-15-14-60-2/h4-5,28,30-31,33,36-37,41-44H,3,6-27,32,34-35H2,1-2H3,(H,50,51,53)/t37-,41?,42?,43-,44+/m0/s1. The summed E-state index contributed by atoms with van der Waals surface area (Å²) in [5.74, 6) is 1.35. The molecule has 3 atom stereocenters. The van der Waals surface area contributed by atoms with Crippen LogP contribution in [0.2, 0.25) is 0 Å². The van der Waals surface area contributed by atoms with Gasteiger partial charge in [-0.25, -0.2) is 14.6 Å². The van der Waals surface area contributed by atoms with E-state index in [4.69, 9.17) is 57.2 Å². The number of hydrogen-bond donors (Lipinski definition) is 1. The van der Waals surface area contributed by atoms with E-state index >= 15 is 0 Å². The molecule has 1 aromatic carbocycles. The van der Waals surface area contributed by atoms with Crippen LogP contribution in [0.15, 0.2) is 43.1 Å². The van der Waals surface area contributed by atoms with Crippen LogP contribution in [-0.4, -0.2) is 195 Å². The van der Waals surface area contributed by atoms with Crippen molar-refractivity contribution >= 4 is 11.6 Å². The third-order valence-corrected chi connectivity index (χ3v) is 12.3. The molecular formula is C48H71N11O11. The van der Waals surface area contributed by atoms with Crippen molar-refractivity contribution in [3.63, 3.8) is 0 Å². The number of hydrogen-bond acceptors (Lipinski definition) is 20. The molecule has 2 aliphatic heterocycles. The van der Waals surface area contributed by atoms with Crippen LogP contribution in [-0.2, 0) is 49.2 Å². The molecule has 1 N–H and O–H groups in total. The second kappa shape index (κ2) is 30.1. The normalized spacial score (nSPS) is 19.6. The number of aromatic nitrogens is 8. The Morgan fingerprint density at radius 1 is 0.714 bits per heavy atom. The maximum Gasteiger partial charge on any atom is 0.256 e. The van der Waals surface area contributed by atoms with Crippen molar-refractivity contribution < 1.29 is 52.1 Å². The number of morpholine rings is 1. The Balaban J connectivity index is 0.809. The molecule has 0 radical (unpaired) electrons. The number of nitriles is 1. The van der Waals surface area contributed by atoms with E-state index in [1.165, 1.54) is 19.2 Å². The minimum absolute atomic E-state index is 0.256. The maximum atomic E-state index is 9.77. The van der Waals surface area contributed by atoms with Gasteiger partial charge in [0.15, 0.2) is 0 Å². The topological polar surface area (TPSA) is 228 Å². The zero-order chi connectivity index (χ0) is 48.4. The highest BCUT2D eigenvalue weighted by Gasteiger charge is 2.42. The summed E-state index contributed by atoms with van der Waals surface area (Å²) in [5.41, 5.74) is 2.68. The van der Waals surface area contributed by atoms with Gasteiger partial charge in [0.25, 0.3) is 5.88 Å². The summed E-state index contributed by atoms with van der Waals surface area (Å²) >= 11 is 0. The molecule has 3 aliphatic rings. The first-order valence-corrected chi connectivity index (χ1v) is 24.7. The van der Waals surface area contributed by atoms with Crippen molar-refractivity contribution in [2.24, 2.45) is 0 Å². The summed E-state index contributed by atoms with van der Waals surface area (Å²) in [4.78, 5) is 12.1. The van der Waals surface area contributed by atoms with E-state index in [0.29, 0.717) is 166 Å². The van der Waals surface area contributed by atoms with Crippen LogP contribution in [0.5, 0.6) is 11.6 Å². The molecule has 0 spiro atoms. The average Bonchev–Trinajstić information content (AvgIpc) is 4.11. The first-order chi connectivity index (χ1) is 34.6. The lowest BCUT2D eigenvalue weighted by molar-refractivity contribution is -0.0458. The second-order valence-electron chi connectivity index (χ2n) is 17.3. The second-order valence-corrected chi connectivity index (χ2v) is 17.3. The van der Waals surface area contributed by atoms with E-state index in [2.05, 4.69) is 46.5 Å². The van der Waals surface area contributed by atoms with E-state index in [-0.39, 0.29) is 12.1 Å². The molecule has 3 aromatic heterocycles. The predicted octanol–water partition coefficient (Wildman–Crippen LogP) is 4.29. The van der Waals surface area contributed by atoms with Crippen molar-refractivity contribution in [3.05, 3.63) is 48.7 Å². The molecule has 22 heteroatoms. The average molecular weight is 978 g/mol. The maximum absolute atomic E-state index is 9.77. The highest BCUT2D eigenvalue weighted by molar-refractivity contribution is 5.67. The van der Waals surface area contributed by atoms with Gasteiger partial charge < -0.3 is 57.4 Å². The first kappa shape index (κ1) is 52.9. The monoisotopic (exact) mass is 978 g/mol. The SMILES string of the molecule is COCCOCCOCCOCCOCCOCCOCCOCCCOc1nn(C2CCC(N3[C@@H]4CC[C@H]3COC4)CC2)cc1Nc1ncc(-c2ccc(C#N)c(O[C@@H](C)Cn3cnnn3)c2)cn1. The van der Waals surface area contributed by atoms with Crippen molar-refractivity contribution in [1.29, 1.82) is 5.26 Å². The summed E-state index contributed by atoms with van der Waals surface area (Å²) in [6.45, 7) is 12.1. The molecular weight excluding hydrogens is 907 g/mol. The highest BCUT2D eigenvalue weighted by atomic mass is 16.6. The highest BCUT2D eigenvalue weighted by Crippen LogP contribution is 2.39. The fourth-order valence-corrected chi connectivity index (χ4v) is 8.86. The quantitative estimate of drug-likeness (QED) is 0.0634. The molecule has 5 heterocycles. The number of methoxy groups -OCH3 is 1. The van der Waals surface area contributed by atoms with Gasteiger partial charge in [0.2, 0.25) is 5.95 Å². The van der Waals surface area contributed by atoms with Crippen molar-refractivity contribution in [2.75, 3.05) is 131 Å². The van der Waals surface area contributed by atoms with Gasteiger partial charge in [-0.05, 0) is 73.6 Å². The molecule has 22 nitrogen and oxygen atoms in total. The van der Waals surface area contributed by atoms with E-state index in [9.17, 15) is 5.26 Å². The molecule has 1 saturated carbocycles. The van der Waals surface area contributed by atoms with Gasteiger partial charge >= 0.3 is 0 Å². The van der Waals surface area contributed by atoms with Crippen LogP contribution in [0.25, 0.3) is 11.1 Å². The predicted molar refractivity (Wildman–Crippen MR) is 254 cm³/mol. The number of nitrogens with zero attached hydrogens (tertiary/aromatic N) is 10. The van der Waals surface area contributed by atoms with Gasteiger partial charge in [0, 0.05) is 56.2 Å². The van der Waals surface area contributed by atoms with E-state index in [0.717, 1.165) is 50.0 Å². The van der Waals surface area contributed by atoms with Crippen LogP contribution < -0.4 is 14.8 Å². The minimum Gasteiger partial charge on any atom is -0.487 e. The molecule has 7 rings (SSSR count). The Morgan fingerprint density at radius 3 is 1.86 bits per heavy atom. The number of anilines is 2. The van der Waals surface area contributed by atoms with Crippen LogP contribution in [0, 0.1) is 11.3 Å². The zero-order valence-electron chi connectivity index (χ0n) is 40.8. The largest absolute Gasteiger partial charge is 0.487 e. The zero-order valence-corrected chi connectivity index (χ0v) is 40.8. The molecule has 70 heavy (non-hydrogen) atoms. The van der Waals surface area contributed by atoms with Gasteiger partial charge in [-0.3, -0.25) is 9.58 Å². The van der Waals surface area contributed by atoms with Crippen LogP contribution >= 0.6 is 0 Å². The molecule has 2 bridgehead atoms. The fraction of sp³-hybridized carbons (Fsp3) is 0.688. The van der Waals surface area contributed by atoms with Crippen LogP contribution in [0.1, 0.15) is 63.5 Å². The molecule has 0 amide bonds. The van der Waals surface area contributed by atoms with Crippen molar-refractivity contribution in [1.82, 2.24) is 44.9 Å². The summed E-state index contributed by atoms with van der Waals surface area (Å²) in [7, 11) is 1.65. The number of rotatable bonds is 35. The van der Waals surface area contributed by atoms with E-state index in [1.54, 1.807) is 30.3 Å². The van der Waals surface area contributed by atoms with Crippen molar-refractivity contribution in [2.45, 2.75) is 88.7 Å². The molecule has 384 valence electrons. The first-order valence-electron chi connectivity index (χ1n) is 24.7. The Hall–Kier alpha value is -4.93. The summed E-state index contributed by atoms with van der Waals surface area (Å²) < 4.78 is 65.8. The lowest BCUT2D eigenvalue weighted by Crippen LogP contribution is -2.52. The third-order valence-electron chi connectivity index (χ3n) is 12.3. The number of nitrogens with one attached hydrogen (secondary N) is 1. The Kier molecular flexibility index (Phi) is 22.7. The van der Waals surface area contributed by atoms with Gasteiger partial charge in [-0.1, -0.05) is 6.07 Å².